The number of aryl methyl sites for hydroxylation is 1. The molecule has 2 aromatic heterocycles. The predicted octanol–water partition coefficient (Wildman–Crippen LogP) is 2.94. The van der Waals surface area contributed by atoms with Crippen molar-refractivity contribution in [1.82, 2.24) is 20.4 Å². The van der Waals surface area contributed by atoms with Crippen LogP contribution in [0.15, 0.2) is 29.0 Å². The van der Waals surface area contributed by atoms with E-state index in [-0.39, 0.29) is 24.5 Å². The van der Waals surface area contributed by atoms with Crippen LogP contribution in [0.4, 0.5) is 0 Å². The second-order valence-corrected chi connectivity index (χ2v) is 9.46. The zero-order valence-corrected chi connectivity index (χ0v) is 17.6. The van der Waals surface area contributed by atoms with E-state index in [0.717, 1.165) is 24.8 Å². The van der Waals surface area contributed by atoms with E-state index in [9.17, 15) is 9.59 Å². The zero-order chi connectivity index (χ0) is 21.3. The number of pyridine rings is 1. The van der Waals surface area contributed by atoms with Gasteiger partial charge in [0, 0.05) is 29.8 Å². The van der Waals surface area contributed by atoms with Crippen molar-refractivity contribution in [1.29, 1.82) is 0 Å². The second-order valence-electron chi connectivity index (χ2n) is 9.46. The molecular weight excluding hydrogens is 396 g/mol. The summed E-state index contributed by atoms with van der Waals surface area (Å²) in [6.07, 6.45) is 11.3. The third kappa shape index (κ3) is 4.34. The molecule has 4 bridgehead atoms. The monoisotopic (exact) mass is 424 g/mol. The molecule has 0 aliphatic heterocycles. The Bertz CT molecular complexity index is 907. The first kappa shape index (κ1) is 20.2. The molecule has 8 nitrogen and oxygen atoms in total. The minimum atomic E-state index is -0.403. The van der Waals surface area contributed by atoms with Gasteiger partial charge in [-0.05, 0) is 74.8 Å². The van der Waals surface area contributed by atoms with E-state index >= 15 is 0 Å². The van der Waals surface area contributed by atoms with E-state index in [1.165, 1.54) is 19.3 Å². The standard InChI is InChI=1S/C23H28N4O4/c28-20(14-25-22(29)23-10-15-7-16(11-23)9-17(8-15)12-23)30-6-2-4-19-26-21(27-31-19)18-3-1-5-24-13-18/h1,3,5,13,15-17H,2,4,6-12,14H2,(H,25,29). The van der Waals surface area contributed by atoms with Gasteiger partial charge in [0.25, 0.3) is 0 Å². The van der Waals surface area contributed by atoms with Gasteiger partial charge in [-0.3, -0.25) is 14.6 Å². The Hall–Kier alpha value is -2.77. The van der Waals surface area contributed by atoms with Crippen molar-refractivity contribution in [3.8, 4) is 11.4 Å². The minimum Gasteiger partial charge on any atom is -0.464 e. The number of carbonyl (C=O) groups is 2. The van der Waals surface area contributed by atoms with Crippen molar-refractivity contribution in [3.05, 3.63) is 30.4 Å². The smallest absolute Gasteiger partial charge is 0.325 e. The number of hydrogen-bond acceptors (Lipinski definition) is 7. The number of rotatable bonds is 8. The van der Waals surface area contributed by atoms with Gasteiger partial charge in [0.1, 0.15) is 6.54 Å². The SMILES string of the molecule is O=C(CNC(=O)C12CC3CC(CC(C3)C1)C2)OCCCc1nc(-c2cccnc2)no1. The van der Waals surface area contributed by atoms with E-state index in [1.807, 2.05) is 12.1 Å². The first-order valence-corrected chi connectivity index (χ1v) is 11.3. The van der Waals surface area contributed by atoms with Crippen molar-refractivity contribution >= 4 is 11.9 Å². The Morgan fingerprint density at radius 2 is 1.90 bits per heavy atom. The van der Waals surface area contributed by atoms with Crippen molar-refractivity contribution in [2.24, 2.45) is 23.2 Å². The lowest BCUT2D eigenvalue weighted by molar-refractivity contribution is -0.151. The summed E-state index contributed by atoms with van der Waals surface area (Å²) in [5.74, 6) is 2.74. The topological polar surface area (TPSA) is 107 Å². The summed E-state index contributed by atoms with van der Waals surface area (Å²) in [6, 6.07) is 3.67. The molecular formula is C23H28N4O4. The fourth-order valence-corrected chi connectivity index (χ4v) is 6.16. The Labute approximate surface area is 181 Å². The number of nitrogens with zero attached hydrogens (tertiary/aromatic N) is 3. The number of carbonyl (C=O) groups excluding carboxylic acids is 2. The molecule has 2 heterocycles. The molecule has 4 fully saturated rings. The molecule has 0 unspecified atom stereocenters. The summed E-state index contributed by atoms with van der Waals surface area (Å²) in [5.41, 5.74) is 0.553. The Balaban J connectivity index is 1.03. The van der Waals surface area contributed by atoms with Gasteiger partial charge in [0.05, 0.1) is 6.61 Å². The average Bonchev–Trinajstić information content (AvgIpc) is 3.24. The van der Waals surface area contributed by atoms with Crippen LogP contribution in [0.2, 0.25) is 0 Å². The summed E-state index contributed by atoms with van der Waals surface area (Å²) < 4.78 is 10.5. The molecule has 0 aromatic carbocycles. The maximum atomic E-state index is 12.9. The maximum Gasteiger partial charge on any atom is 0.325 e. The summed E-state index contributed by atoms with van der Waals surface area (Å²) in [6.45, 7) is 0.184. The Morgan fingerprint density at radius 1 is 1.16 bits per heavy atom. The highest BCUT2D eigenvalue weighted by Gasteiger charge is 2.54. The molecule has 0 radical (unpaired) electrons. The second kappa shape index (κ2) is 8.40. The summed E-state index contributed by atoms with van der Waals surface area (Å²) in [4.78, 5) is 33.3. The summed E-state index contributed by atoms with van der Waals surface area (Å²) in [5, 5.41) is 6.80. The van der Waals surface area contributed by atoms with E-state index in [0.29, 0.717) is 42.3 Å². The number of esters is 1. The first-order valence-electron chi connectivity index (χ1n) is 11.3. The number of aromatic nitrogens is 3. The molecule has 2 aromatic rings. The van der Waals surface area contributed by atoms with E-state index in [1.54, 1.807) is 12.4 Å². The van der Waals surface area contributed by atoms with Crippen molar-refractivity contribution in [2.45, 2.75) is 51.4 Å². The zero-order valence-electron chi connectivity index (χ0n) is 17.6. The van der Waals surface area contributed by atoms with Crippen molar-refractivity contribution < 1.29 is 18.8 Å². The van der Waals surface area contributed by atoms with Gasteiger partial charge in [0.2, 0.25) is 17.6 Å². The Morgan fingerprint density at radius 3 is 2.58 bits per heavy atom. The van der Waals surface area contributed by atoms with Crippen LogP contribution in [0.5, 0.6) is 0 Å². The maximum absolute atomic E-state index is 12.9. The van der Waals surface area contributed by atoms with Crippen LogP contribution in [-0.2, 0) is 20.7 Å². The first-order chi connectivity index (χ1) is 15.1. The molecule has 4 aliphatic rings. The number of ether oxygens (including phenoxy) is 1. The van der Waals surface area contributed by atoms with Gasteiger partial charge in [0.15, 0.2) is 0 Å². The van der Waals surface area contributed by atoms with Crippen LogP contribution < -0.4 is 5.32 Å². The normalized spacial score (nSPS) is 28.5. The van der Waals surface area contributed by atoms with Gasteiger partial charge in [-0.25, -0.2) is 0 Å². The van der Waals surface area contributed by atoms with Crippen molar-refractivity contribution in [2.75, 3.05) is 13.2 Å². The molecule has 0 atom stereocenters. The molecule has 0 spiro atoms. The van der Waals surface area contributed by atoms with Gasteiger partial charge in [-0.2, -0.15) is 4.98 Å². The molecule has 4 aliphatic carbocycles. The lowest BCUT2D eigenvalue weighted by Crippen LogP contribution is -2.54. The molecule has 8 heteroatoms. The predicted molar refractivity (Wildman–Crippen MR) is 110 cm³/mol. The summed E-state index contributed by atoms with van der Waals surface area (Å²) >= 11 is 0. The highest BCUT2D eigenvalue weighted by Crippen LogP contribution is 2.60. The largest absolute Gasteiger partial charge is 0.464 e. The van der Waals surface area contributed by atoms with Crippen LogP contribution in [0.25, 0.3) is 11.4 Å². The molecule has 0 saturated heterocycles. The molecule has 6 rings (SSSR count). The van der Waals surface area contributed by atoms with E-state index < -0.39 is 5.97 Å². The fraction of sp³-hybridized carbons (Fsp3) is 0.609. The number of nitrogens with one attached hydrogen (secondary N) is 1. The van der Waals surface area contributed by atoms with E-state index in [4.69, 9.17) is 9.26 Å². The van der Waals surface area contributed by atoms with Crippen LogP contribution in [0, 0.1) is 23.2 Å². The number of amides is 1. The third-order valence-electron chi connectivity index (χ3n) is 7.10. The van der Waals surface area contributed by atoms with Gasteiger partial charge in [-0.15, -0.1) is 0 Å². The van der Waals surface area contributed by atoms with Crippen LogP contribution in [-0.4, -0.2) is 40.2 Å². The van der Waals surface area contributed by atoms with Gasteiger partial charge < -0.3 is 14.6 Å². The number of hydrogen-bond donors (Lipinski definition) is 1. The highest BCUT2D eigenvalue weighted by molar-refractivity contribution is 5.86. The van der Waals surface area contributed by atoms with Crippen LogP contribution >= 0.6 is 0 Å². The van der Waals surface area contributed by atoms with Crippen LogP contribution in [0.3, 0.4) is 0 Å². The Kier molecular flexibility index (Phi) is 5.46. The fourth-order valence-electron chi connectivity index (χ4n) is 6.16. The lowest BCUT2D eigenvalue weighted by Gasteiger charge is -2.55. The van der Waals surface area contributed by atoms with Crippen molar-refractivity contribution in [3.63, 3.8) is 0 Å². The summed E-state index contributed by atoms with van der Waals surface area (Å²) in [7, 11) is 0. The molecule has 1 N–H and O–H groups in total. The minimum absolute atomic E-state index is 0.0531. The molecule has 31 heavy (non-hydrogen) atoms. The average molecular weight is 425 g/mol. The third-order valence-corrected chi connectivity index (χ3v) is 7.10. The van der Waals surface area contributed by atoms with E-state index in [2.05, 4.69) is 20.4 Å². The molecule has 1 amide bonds. The molecule has 164 valence electrons. The molecule has 4 saturated carbocycles. The van der Waals surface area contributed by atoms with Crippen LogP contribution in [0.1, 0.15) is 50.8 Å². The lowest BCUT2D eigenvalue weighted by atomic mass is 9.49. The van der Waals surface area contributed by atoms with Gasteiger partial charge in [-0.1, -0.05) is 5.16 Å². The quantitative estimate of drug-likeness (QED) is 0.513. The van der Waals surface area contributed by atoms with Gasteiger partial charge >= 0.3 is 5.97 Å². The highest BCUT2D eigenvalue weighted by atomic mass is 16.5.